The Bertz CT molecular complexity index is 1650. The number of hydrogen-bond donors (Lipinski definition) is 5. The lowest BCUT2D eigenvalue weighted by atomic mass is 9.99. The Labute approximate surface area is 258 Å². The van der Waals surface area contributed by atoms with Crippen molar-refractivity contribution >= 4 is 39.5 Å². The predicted octanol–water partition coefficient (Wildman–Crippen LogP) is 5.21. The molecule has 10 nitrogen and oxygen atoms in total. The van der Waals surface area contributed by atoms with E-state index >= 15 is 0 Å². The van der Waals surface area contributed by atoms with Crippen LogP contribution in [0.5, 0.6) is 0 Å². The second-order valence-electron chi connectivity index (χ2n) is 11.0. The first kappa shape index (κ1) is 32.0. The van der Waals surface area contributed by atoms with E-state index in [9.17, 15) is 36.7 Å². The van der Waals surface area contributed by atoms with Crippen LogP contribution >= 0.6 is 10.8 Å². The summed E-state index contributed by atoms with van der Waals surface area (Å²) in [5.74, 6) is -2.92. The van der Waals surface area contributed by atoms with Gasteiger partial charge < -0.3 is 15.2 Å². The highest BCUT2D eigenvalue weighted by atomic mass is 32.3. The number of hydrogen-bond acceptors (Lipinski definition) is 6. The lowest BCUT2D eigenvalue weighted by Crippen LogP contribution is -2.51. The number of amides is 3. The van der Waals surface area contributed by atoms with E-state index in [-0.39, 0.29) is 25.1 Å². The fraction of sp³-hybridized carbons (Fsp3) is 0.290. The van der Waals surface area contributed by atoms with E-state index in [4.69, 9.17) is 0 Å². The maximum atomic E-state index is 14.2. The van der Waals surface area contributed by atoms with E-state index in [1.165, 1.54) is 6.92 Å². The number of carbonyl (C=O) groups is 3. The number of aromatic amines is 1. The predicted molar refractivity (Wildman–Crippen MR) is 163 cm³/mol. The number of rotatable bonds is 10. The first-order valence-electron chi connectivity index (χ1n) is 14.1. The number of carbonyl (C=O) groups excluding carboxylic acids is 3. The maximum Gasteiger partial charge on any atom is 0.471 e. The summed E-state index contributed by atoms with van der Waals surface area (Å²) in [6.07, 6.45) is -5.27. The molecule has 3 aromatic carbocycles. The smallest absolute Gasteiger partial charge is 0.351 e. The second-order valence-corrected chi connectivity index (χ2v) is 12.9. The minimum absolute atomic E-state index is 0.0991. The van der Waals surface area contributed by atoms with Crippen molar-refractivity contribution in [1.82, 2.24) is 24.9 Å². The summed E-state index contributed by atoms with van der Waals surface area (Å²) >= 11 is 0. The van der Waals surface area contributed by atoms with Crippen LogP contribution in [0.15, 0.2) is 78.9 Å². The molecule has 3 atom stereocenters. The van der Waals surface area contributed by atoms with Crippen molar-refractivity contribution < 1.29 is 36.7 Å². The summed E-state index contributed by atoms with van der Waals surface area (Å²) in [6, 6.07) is 20.1. The van der Waals surface area contributed by atoms with Crippen LogP contribution in [0.3, 0.4) is 0 Å². The number of imidazole rings is 1. The largest absolute Gasteiger partial charge is 0.471 e. The Balaban J connectivity index is 1.53. The molecule has 2 heterocycles. The zero-order valence-electron chi connectivity index (χ0n) is 24.1. The molecule has 1 unspecified atom stereocenters. The highest BCUT2D eigenvalue weighted by molar-refractivity contribution is 8.23. The van der Waals surface area contributed by atoms with Gasteiger partial charge in [0, 0.05) is 19.9 Å². The zero-order chi connectivity index (χ0) is 32.4. The van der Waals surface area contributed by atoms with Crippen molar-refractivity contribution in [3.63, 3.8) is 0 Å². The maximum absolute atomic E-state index is 14.2. The van der Waals surface area contributed by atoms with Gasteiger partial charge in [0.05, 0.1) is 29.5 Å². The molecule has 1 aliphatic heterocycles. The van der Waals surface area contributed by atoms with Crippen LogP contribution in [0.1, 0.15) is 47.2 Å². The molecule has 45 heavy (non-hydrogen) atoms. The molecule has 4 aromatic rings. The molecule has 238 valence electrons. The lowest BCUT2D eigenvalue weighted by molar-refractivity contribution is -0.188. The molecule has 0 radical (unpaired) electrons. The summed E-state index contributed by atoms with van der Waals surface area (Å²) in [4.78, 5) is 45.4. The van der Waals surface area contributed by atoms with Crippen molar-refractivity contribution in [2.45, 2.75) is 49.7 Å². The fourth-order valence-electron chi connectivity index (χ4n) is 5.55. The van der Waals surface area contributed by atoms with Gasteiger partial charge in [-0.1, -0.05) is 66.7 Å². The summed E-state index contributed by atoms with van der Waals surface area (Å²) in [7, 11) is -3.40. The number of H-pyrrole nitrogens is 1. The molecule has 1 fully saturated rings. The lowest BCUT2D eigenvalue weighted by Gasteiger charge is -2.35. The highest BCUT2D eigenvalue weighted by Gasteiger charge is 2.46. The monoisotopic (exact) mass is 643 g/mol. The molecular weight excluding hydrogens is 611 g/mol. The van der Waals surface area contributed by atoms with E-state index < -0.39 is 58.6 Å². The first-order chi connectivity index (χ1) is 21.3. The van der Waals surface area contributed by atoms with Gasteiger partial charge in [-0.2, -0.15) is 13.2 Å². The van der Waals surface area contributed by atoms with Crippen LogP contribution < -0.4 is 10.0 Å². The van der Waals surface area contributed by atoms with Crippen LogP contribution in [0.2, 0.25) is 0 Å². The van der Waals surface area contributed by atoms with Crippen LogP contribution in [0.4, 0.5) is 13.2 Å². The van der Waals surface area contributed by atoms with Gasteiger partial charge in [-0.25, -0.2) is 4.98 Å². The van der Waals surface area contributed by atoms with Crippen molar-refractivity contribution in [2.24, 2.45) is 0 Å². The minimum Gasteiger partial charge on any atom is -0.351 e. The number of benzene rings is 3. The fourth-order valence-corrected chi connectivity index (χ4v) is 7.03. The van der Waals surface area contributed by atoms with Gasteiger partial charge in [0.15, 0.2) is 0 Å². The average molecular weight is 644 g/mol. The number of alkyl halides is 3. The van der Waals surface area contributed by atoms with Crippen molar-refractivity contribution in [3.05, 3.63) is 101 Å². The zero-order valence-corrected chi connectivity index (χ0v) is 24.9. The third kappa shape index (κ3) is 7.64. The second kappa shape index (κ2) is 12.9. The van der Waals surface area contributed by atoms with Crippen LogP contribution in [0.25, 0.3) is 11.0 Å². The first-order valence-corrected chi connectivity index (χ1v) is 15.7. The molecule has 0 saturated carbocycles. The van der Waals surface area contributed by atoms with E-state index in [1.54, 1.807) is 78.9 Å². The number of nitrogens with zero attached hydrogens (tertiary/aromatic N) is 2. The number of halogens is 3. The van der Waals surface area contributed by atoms with Crippen LogP contribution in [-0.4, -0.2) is 60.5 Å². The molecule has 5 N–H and O–H groups in total. The SMILES string of the molecule is CC(=O)N[C@@H](Cc1ccccc1)CN(C(=O)C(F)(F)F)[C@@H](Cc1ccc(C2CC(=O)NS2(O)O)cc1)c1nc2ccccc2[nH]1. The molecule has 1 aromatic heterocycles. The molecule has 14 heteroatoms. The Kier molecular flexibility index (Phi) is 9.18. The number of aromatic nitrogens is 2. The van der Waals surface area contributed by atoms with Gasteiger partial charge >= 0.3 is 12.1 Å². The number of fused-ring (bicyclic) bond motifs is 1. The summed E-state index contributed by atoms with van der Waals surface area (Å²) in [5.41, 5.74) is 2.82. The van der Waals surface area contributed by atoms with E-state index in [0.29, 0.717) is 27.1 Å². The highest BCUT2D eigenvalue weighted by Crippen LogP contribution is 2.56. The van der Waals surface area contributed by atoms with Crippen molar-refractivity contribution in [1.29, 1.82) is 0 Å². The van der Waals surface area contributed by atoms with Gasteiger partial charge in [-0.05, 0) is 35.2 Å². The van der Waals surface area contributed by atoms with E-state index in [1.807, 2.05) is 0 Å². The molecule has 0 aliphatic carbocycles. The molecule has 1 saturated heterocycles. The summed E-state index contributed by atoms with van der Waals surface area (Å²) < 4.78 is 65.4. The summed E-state index contributed by atoms with van der Waals surface area (Å²) in [6.45, 7) is 0.790. The Hall–Kier alpha value is -4.40. The molecule has 0 bridgehead atoms. The molecule has 1 aliphatic rings. The molecule has 5 rings (SSSR count). The molecule has 0 spiro atoms. The van der Waals surface area contributed by atoms with Gasteiger partial charge in [0.2, 0.25) is 11.8 Å². The number of para-hydroxylation sites is 2. The quantitative estimate of drug-likeness (QED) is 0.160. The van der Waals surface area contributed by atoms with Gasteiger partial charge in [-0.15, -0.1) is 10.8 Å². The van der Waals surface area contributed by atoms with Crippen LogP contribution in [0, 0.1) is 0 Å². The van der Waals surface area contributed by atoms with Gasteiger partial charge in [0.25, 0.3) is 0 Å². The molecular formula is C31H32F3N5O5S. The van der Waals surface area contributed by atoms with Crippen LogP contribution in [-0.2, 0) is 27.2 Å². The van der Waals surface area contributed by atoms with Crippen molar-refractivity contribution in [2.75, 3.05) is 6.54 Å². The van der Waals surface area contributed by atoms with E-state index in [2.05, 4.69) is 20.0 Å². The standard InChI is InChI=1S/C31H32F3N5O5S/c1-19(40)35-23(15-20-7-3-2-4-8-20)18-39(30(42)31(32,33)34)26(29-36-24-9-5-6-10-25(24)37-29)16-21-11-13-22(14-12-21)27-17-28(41)38-45(27,43)44/h2-14,23,26-27,43-44H,15-18H2,1H3,(H,35,40)(H,36,37)(H,38,41)/t23-,26-,27?/m0/s1. The Morgan fingerprint density at radius 1 is 1.00 bits per heavy atom. The third-order valence-corrected chi connectivity index (χ3v) is 9.32. The average Bonchev–Trinajstić information content (AvgIpc) is 3.53. The van der Waals surface area contributed by atoms with Crippen molar-refractivity contribution in [3.8, 4) is 0 Å². The Morgan fingerprint density at radius 3 is 2.24 bits per heavy atom. The van der Waals surface area contributed by atoms with Gasteiger partial charge in [0.1, 0.15) is 11.1 Å². The number of nitrogens with one attached hydrogen (secondary N) is 3. The Morgan fingerprint density at radius 2 is 1.64 bits per heavy atom. The topological polar surface area (TPSA) is 148 Å². The minimum atomic E-state index is -5.22. The third-order valence-electron chi connectivity index (χ3n) is 7.56. The molecule has 3 amide bonds. The van der Waals surface area contributed by atoms with Gasteiger partial charge in [-0.3, -0.25) is 28.2 Å². The normalized spacial score (nSPS) is 18.2. The van der Waals surface area contributed by atoms with E-state index in [0.717, 1.165) is 5.56 Å². The summed E-state index contributed by atoms with van der Waals surface area (Å²) in [5, 5.41) is 1.83.